The molecule has 1 aliphatic carbocycles. The van der Waals surface area contributed by atoms with Gasteiger partial charge in [0.2, 0.25) is 0 Å². The summed E-state index contributed by atoms with van der Waals surface area (Å²) in [4.78, 5) is 11.6. The number of aliphatic hydroxyl groups is 1. The Balaban J connectivity index is 1.79. The van der Waals surface area contributed by atoms with Gasteiger partial charge in [0.05, 0.1) is 19.3 Å². The third-order valence-corrected chi connectivity index (χ3v) is 14.0. The Labute approximate surface area is 245 Å². The maximum atomic E-state index is 11.6. The summed E-state index contributed by atoms with van der Waals surface area (Å²) in [7, 11) is -0.470. The van der Waals surface area contributed by atoms with E-state index >= 15 is 0 Å². The minimum atomic E-state index is -1.90. The monoisotopic (exact) mass is 566 g/mol. The molecular formula is C35H54O4Si. The molecule has 1 aliphatic rings. The zero-order valence-corrected chi connectivity index (χ0v) is 27.3. The van der Waals surface area contributed by atoms with Gasteiger partial charge in [0, 0.05) is 6.42 Å². The van der Waals surface area contributed by atoms with Crippen molar-refractivity contribution in [2.45, 2.75) is 122 Å². The topological polar surface area (TPSA) is 55.8 Å². The minimum absolute atomic E-state index is 0.136. The standard InChI is InChI=1S/C35H54O4Si/c1-9-10-11-15-32(39-40(7,8)35(3,4)5)28-17-19-29(20-18-28)34-25(2)22-31(36)30(34)24-27-14-12-13-26(23-27)16-21-33(37)38-6/h12-14,17-20,23,25,30-32,34,36H,9-11,15-16,21-22,24H2,1-8H3/t25-,30+,31+,32?,34-/m1/s1. The number of benzene rings is 2. The van der Waals surface area contributed by atoms with Crippen LogP contribution in [-0.4, -0.2) is 32.6 Å². The van der Waals surface area contributed by atoms with E-state index in [1.165, 1.54) is 43.1 Å². The fourth-order valence-electron chi connectivity index (χ4n) is 6.07. The number of aryl methyl sites for hydroxylation is 1. The molecule has 5 heteroatoms. The molecule has 0 spiro atoms. The van der Waals surface area contributed by atoms with E-state index in [4.69, 9.17) is 9.16 Å². The van der Waals surface area contributed by atoms with E-state index in [2.05, 4.69) is 96.2 Å². The van der Waals surface area contributed by atoms with Crippen LogP contribution in [0.5, 0.6) is 0 Å². The average molecular weight is 567 g/mol. The van der Waals surface area contributed by atoms with Gasteiger partial charge in [-0.2, -0.15) is 0 Å². The van der Waals surface area contributed by atoms with E-state index < -0.39 is 8.32 Å². The first-order valence-corrected chi connectivity index (χ1v) is 18.4. The predicted molar refractivity (Wildman–Crippen MR) is 168 cm³/mol. The molecule has 222 valence electrons. The number of carbonyl (C=O) groups excluding carboxylic acids is 1. The normalized spacial score (nSPS) is 22.3. The Morgan fingerprint density at radius 3 is 2.38 bits per heavy atom. The Hall–Kier alpha value is -1.95. The van der Waals surface area contributed by atoms with Crippen molar-refractivity contribution in [2.24, 2.45) is 11.8 Å². The molecule has 1 fully saturated rings. The highest BCUT2D eigenvalue weighted by Crippen LogP contribution is 2.46. The Morgan fingerprint density at radius 1 is 1.07 bits per heavy atom. The molecule has 1 saturated carbocycles. The number of hydrogen-bond acceptors (Lipinski definition) is 4. The van der Waals surface area contributed by atoms with Gasteiger partial charge in [-0.05, 0) is 83.8 Å². The lowest BCUT2D eigenvalue weighted by Gasteiger charge is -2.39. The highest BCUT2D eigenvalue weighted by molar-refractivity contribution is 6.74. The fourth-order valence-corrected chi connectivity index (χ4v) is 7.39. The van der Waals surface area contributed by atoms with Gasteiger partial charge in [0.1, 0.15) is 0 Å². The van der Waals surface area contributed by atoms with Gasteiger partial charge in [-0.1, -0.05) is 102 Å². The molecule has 2 aromatic carbocycles. The van der Waals surface area contributed by atoms with Crippen LogP contribution in [0.15, 0.2) is 48.5 Å². The quantitative estimate of drug-likeness (QED) is 0.150. The maximum Gasteiger partial charge on any atom is 0.305 e. The fraction of sp³-hybridized carbons (Fsp3) is 0.629. The van der Waals surface area contributed by atoms with Crippen LogP contribution in [0.1, 0.15) is 107 Å². The summed E-state index contributed by atoms with van der Waals surface area (Å²) in [5.74, 6) is 0.705. The Kier molecular flexibility index (Phi) is 11.6. The molecule has 1 N–H and O–H groups in total. The number of ether oxygens (including phenoxy) is 1. The minimum Gasteiger partial charge on any atom is -0.469 e. The molecule has 4 nitrogen and oxygen atoms in total. The lowest BCUT2D eigenvalue weighted by Crippen LogP contribution is -2.41. The van der Waals surface area contributed by atoms with Crippen LogP contribution < -0.4 is 0 Å². The molecule has 1 unspecified atom stereocenters. The molecule has 0 aliphatic heterocycles. The van der Waals surface area contributed by atoms with Gasteiger partial charge in [0.25, 0.3) is 0 Å². The van der Waals surface area contributed by atoms with Gasteiger partial charge < -0.3 is 14.3 Å². The zero-order valence-electron chi connectivity index (χ0n) is 26.3. The molecule has 5 atom stereocenters. The maximum absolute atomic E-state index is 11.6. The number of unbranched alkanes of at least 4 members (excludes halogenated alkanes) is 2. The van der Waals surface area contributed by atoms with Crippen molar-refractivity contribution >= 4 is 14.3 Å². The molecule has 2 aromatic rings. The summed E-state index contributed by atoms with van der Waals surface area (Å²) in [6.45, 7) is 16.2. The lowest BCUT2D eigenvalue weighted by molar-refractivity contribution is -0.140. The third kappa shape index (κ3) is 8.53. The van der Waals surface area contributed by atoms with Crippen molar-refractivity contribution in [2.75, 3.05) is 7.11 Å². The zero-order chi connectivity index (χ0) is 29.5. The van der Waals surface area contributed by atoms with Crippen LogP contribution in [0.2, 0.25) is 18.1 Å². The van der Waals surface area contributed by atoms with Crippen LogP contribution in [0, 0.1) is 11.8 Å². The van der Waals surface area contributed by atoms with E-state index in [0.29, 0.717) is 24.7 Å². The summed E-state index contributed by atoms with van der Waals surface area (Å²) in [5, 5.41) is 11.3. The summed E-state index contributed by atoms with van der Waals surface area (Å²) in [6.07, 6.45) is 7.23. The number of rotatable bonds is 13. The molecule has 40 heavy (non-hydrogen) atoms. The van der Waals surface area contributed by atoms with E-state index in [1.807, 2.05) is 0 Å². The van der Waals surface area contributed by atoms with Gasteiger partial charge >= 0.3 is 5.97 Å². The van der Waals surface area contributed by atoms with Crippen LogP contribution in [0.4, 0.5) is 0 Å². The van der Waals surface area contributed by atoms with Gasteiger partial charge in [-0.3, -0.25) is 4.79 Å². The van der Waals surface area contributed by atoms with E-state index in [0.717, 1.165) is 24.8 Å². The van der Waals surface area contributed by atoms with E-state index in [9.17, 15) is 9.90 Å². The number of hydrogen-bond donors (Lipinski definition) is 1. The van der Waals surface area contributed by atoms with Crippen LogP contribution in [-0.2, 0) is 26.8 Å². The second-order valence-electron chi connectivity index (χ2n) is 13.6. The first kappa shape index (κ1) is 32.6. The number of aliphatic hydroxyl groups excluding tert-OH is 1. The summed E-state index contributed by atoms with van der Waals surface area (Å²) in [5.41, 5.74) is 4.96. The number of methoxy groups -OCH3 is 1. The van der Waals surface area contributed by atoms with Gasteiger partial charge in [-0.25, -0.2) is 0 Å². The molecule has 0 amide bonds. The highest BCUT2D eigenvalue weighted by Gasteiger charge is 2.42. The summed E-state index contributed by atoms with van der Waals surface area (Å²) >= 11 is 0. The number of esters is 1. The Bertz CT molecular complexity index is 1070. The van der Waals surface area contributed by atoms with Crippen molar-refractivity contribution in [1.82, 2.24) is 0 Å². The summed E-state index contributed by atoms with van der Waals surface area (Å²) < 4.78 is 11.8. The molecule has 0 heterocycles. The van der Waals surface area contributed by atoms with Crippen molar-refractivity contribution in [3.05, 3.63) is 70.8 Å². The number of carbonyl (C=O) groups is 1. The molecule has 0 saturated heterocycles. The van der Waals surface area contributed by atoms with Crippen molar-refractivity contribution in [3.8, 4) is 0 Å². The van der Waals surface area contributed by atoms with Crippen molar-refractivity contribution in [1.29, 1.82) is 0 Å². The molecule has 3 rings (SSSR count). The smallest absolute Gasteiger partial charge is 0.305 e. The second kappa shape index (κ2) is 14.3. The largest absolute Gasteiger partial charge is 0.469 e. The summed E-state index contributed by atoms with van der Waals surface area (Å²) in [6, 6.07) is 17.7. The highest BCUT2D eigenvalue weighted by atomic mass is 28.4. The van der Waals surface area contributed by atoms with Crippen LogP contribution >= 0.6 is 0 Å². The second-order valence-corrected chi connectivity index (χ2v) is 18.4. The molecule has 0 bridgehead atoms. The predicted octanol–water partition coefficient (Wildman–Crippen LogP) is 8.78. The van der Waals surface area contributed by atoms with Crippen molar-refractivity contribution < 1.29 is 19.1 Å². The van der Waals surface area contributed by atoms with Crippen LogP contribution in [0.25, 0.3) is 0 Å². The third-order valence-electron chi connectivity index (χ3n) is 9.50. The molecule has 0 aromatic heterocycles. The lowest BCUT2D eigenvalue weighted by atomic mass is 9.80. The van der Waals surface area contributed by atoms with Crippen LogP contribution in [0.3, 0.4) is 0 Å². The molecule has 0 radical (unpaired) electrons. The first-order valence-electron chi connectivity index (χ1n) is 15.5. The first-order chi connectivity index (χ1) is 18.9. The Morgan fingerprint density at radius 2 is 1.75 bits per heavy atom. The van der Waals surface area contributed by atoms with E-state index in [-0.39, 0.29) is 29.1 Å². The van der Waals surface area contributed by atoms with E-state index in [1.54, 1.807) is 0 Å². The molecular weight excluding hydrogens is 512 g/mol. The van der Waals surface area contributed by atoms with Crippen molar-refractivity contribution in [3.63, 3.8) is 0 Å². The average Bonchev–Trinajstić information content (AvgIpc) is 3.18. The van der Waals surface area contributed by atoms with Gasteiger partial charge in [-0.15, -0.1) is 0 Å². The SMILES string of the molecule is CCCCCC(O[Si](C)(C)C(C)(C)C)c1ccc([C@@H]2[C@@H](Cc3cccc(CCC(=O)OC)c3)[C@@H](O)C[C@H]2C)cc1. The van der Waals surface area contributed by atoms with Gasteiger partial charge in [0.15, 0.2) is 8.32 Å².